The van der Waals surface area contributed by atoms with Crippen LogP contribution >= 0.6 is 27.3 Å². The van der Waals surface area contributed by atoms with Gasteiger partial charge in [0.1, 0.15) is 0 Å². The number of ketones is 1. The predicted molar refractivity (Wildman–Crippen MR) is 75.8 cm³/mol. The summed E-state index contributed by atoms with van der Waals surface area (Å²) < 4.78 is 1.03. The molecule has 2 rings (SSSR count). The maximum atomic E-state index is 12.1. The molecule has 1 fully saturated rings. The van der Waals surface area contributed by atoms with E-state index in [0.29, 0.717) is 6.54 Å². The SMILES string of the molecule is CCN(CC(=O)c1ccc(Br)s1)CC1CCC1. The van der Waals surface area contributed by atoms with E-state index in [1.165, 1.54) is 30.6 Å². The van der Waals surface area contributed by atoms with Crippen LogP contribution in [0.2, 0.25) is 0 Å². The van der Waals surface area contributed by atoms with Crippen LogP contribution in [0.4, 0.5) is 0 Å². The summed E-state index contributed by atoms with van der Waals surface area (Å²) in [5, 5.41) is 0. The van der Waals surface area contributed by atoms with Crippen molar-refractivity contribution in [1.82, 2.24) is 4.90 Å². The van der Waals surface area contributed by atoms with Crippen LogP contribution in [0.3, 0.4) is 0 Å². The minimum Gasteiger partial charge on any atom is -0.296 e. The lowest BCUT2D eigenvalue weighted by Gasteiger charge is -2.31. The van der Waals surface area contributed by atoms with E-state index >= 15 is 0 Å². The van der Waals surface area contributed by atoms with Crippen LogP contribution in [-0.2, 0) is 0 Å². The zero-order valence-electron chi connectivity index (χ0n) is 10.1. The molecular formula is C13H18BrNOS. The van der Waals surface area contributed by atoms with Crippen LogP contribution < -0.4 is 0 Å². The molecule has 1 aliphatic rings. The van der Waals surface area contributed by atoms with Gasteiger partial charge in [0.05, 0.1) is 15.2 Å². The summed E-state index contributed by atoms with van der Waals surface area (Å²) in [6.07, 6.45) is 4.05. The minimum absolute atomic E-state index is 0.252. The Balaban J connectivity index is 1.86. The summed E-state index contributed by atoms with van der Waals surface area (Å²) in [6.45, 7) is 4.76. The van der Waals surface area contributed by atoms with Gasteiger partial charge in [0.2, 0.25) is 0 Å². The number of hydrogen-bond donors (Lipinski definition) is 0. The third-order valence-electron chi connectivity index (χ3n) is 3.40. The smallest absolute Gasteiger partial charge is 0.186 e. The fraction of sp³-hybridized carbons (Fsp3) is 0.615. The van der Waals surface area contributed by atoms with Gasteiger partial charge in [-0.25, -0.2) is 0 Å². The molecule has 0 atom stereocenters. The van der Waals surface area contributed by atoms with Crippen molar-refractivity contribution < 1.29 is 4.79 Å². The van der Waals surface area contributed by atoms with Gasteiger partial charge in [-0.05, 0) is 53.4 Å². The van der Waals surface area contributed by atoms with Crippen LogP contribution in [0, 0.1) is 5.92 Å². The molecule has 2 nitrogen and oxygen atoms in total. The molecule has 0 spiro atoms. The first kappa shape index (κ1) is 13.2. The Morgan fingerprint density at radius 2 is 2.29 bits per heavy atom. The van der Waals surface area contributed by atoms with Crippen molar-refractivity contribution in [2.45, 2.75) is 26.2 Å². The monoisotopic (exact) mass is 315 g/mol. The zero-order valence-corrected chi connectivity index (χ0v) is 12.5. The summed E-state index contributed by atoms with van der Waals surface area (Å²) >= 11 is 4.92. The molecule has 17 heavy (non-hydrogen) atoms. The Labute approximate surface area is 115 Å². The summed E-state index contributed by atoms with van der Waals surface area (Å²) in [5.41, 5.74) is 0. The first-order chi connectivity index (χ1) is 8.19. The molecule has 0 bridgehead atoms. The molecular weight excluding hydrogens is 298 g/mol. The second-order valence-corrected chi connectivity index (χ2v) is 7.11. The van der Waals surface area contributed by atoms with Crippen LogP contribution in [0.25, 0.3) is 0 Å². The fourth-order valence-electron chi connectivity index (χ4n) is 2.09. The number of carbonyl (C=O) groups excluding carboxylic acids is 1. The molecule has 0 aromatic carbocycles. The summed E-state index contributed by atoms with van der Waals surface area (Å²) in [4.78, 5) is 15.2. The highest BCUT2D eigenvalue weighted by molar-refractivity contribution is 9.11. The maximum Gasteiger partial charge on any atom is 0.186 e. The van der Waals surface area contributed by atoms with Crippen molar-refractivity contribution in [1.29, 1.82) is 0 Å². The Morgan fingerprint density at radius 3 is 2.76 bits per heavy atom. The van der Waals surface area contributed by atoms with Gasteiger partial charge in [-0.3, -0.25) is 9.69 Å². The Bertz CT molecular complexity index is 387. The van der Waals surface area contributed by atoms with E-state index in [4.69, 9.17) is 0 Å². The summed E-state index contributed by atoms with van der Waals surface area (Å²) in [5.74, 6) is 1.08. The number of Topliss-reactive ketones (excluding diaryl/α,β-unsaturated/α-hetero) is 1. The highest BCUT2D eigenvalue weighted by Crippen LogP contribution is 2.27. The van der Waals surface area contributed by atoms with Gasteiger partial charge >= 0.3 is 0 Å². The van der Waals surface area contributed by atoms with E-state index in [-0.39, 0.29) is 5.78 Å². The summed E-state index contributed by atoms with van der Waals surface area (Å²) in [7, 11) is 0. The second-order valence-electron chi connectivity index (χ2n) is 4.65. The molecule has 0 saturated heterocycles. The largest absolute Gasteiger partial charge is 0.296 e. The van der Waals surface area contributed by atoms with E-state index in [2.05, 4.69) is 27.8 Å². The number of carbonyl (C=O) groups is 1. The zero-order chi connectivity index (χ0) is 12.3. The molecule has 0 aliphatic heterocycles. The molecule has 0 amide bonds. The van der Waals surface area contributed by atoms with E-state index in [1.807, 2.05) is 12.1 Å². The normalized spacial score (nSPS) is 16.2. The number of halogens is 1. The van der Waals surface area contributed by atoms with Crippen LogP contribution in [-0.4, -0.2) is 30.3 Å². The Morgan fingerprint density at radius 1 is 1.53 bits per heavy atom. The van der Waals surface area contributed by atoms with Gasteiger partial charge in [-0.15, -0.1) is 11.3 Å². The van der Waals surface area contributed by atoms with Gasteiger partial charge in [-0.2, -0.15) is 0 Å². The molecule has 1 aliphatic carbocycles. The van der Waals surface area contributed by atoms with E-state index in [1.54, 1.807) is 0 Å². The average molecular weight is 316 g/mol. The molecule has 0 radical (unpaired) electrons. The number of nitrogens with zero attached hydrogens (tertiary/aromatic N) is 1. The molecule has 1 saturated carbocycles. The lowest BCUT2D eigenvalue weighted by Crippen LogP contribution is -2.36. The van der Waals surface area contributed by atoms with E-state index in [0.717, 1.165) is 27.7 Å². The third kappa shape index (κ3) is 3.63. The van der Waals surface area contributed by atoms with Gasteiger partial charge in [0.25, 0.3) is 0 Å². The standard InChI is InChI=1S/C13H18BrNOS/c1-2-15(8-10-4-3-5-10)9-11(16)12-6-7-13(14)17-12/h6-7,10H,2-5,8-9H2,1H3. The van der Waals surface area contributed by atoms with Crippen molar-refractivity contribution >= 4 is 33.0 Å². The highest BCUT2D eigenvalue weighted by Gasteiger charge is 2.21. The van der Waals surface area contributed by atoms with Crippen molar-refractivity contribution in [3.8, 4) is 0 Å². The molecule has 0 N–H and O–H groups in total. The number of hydrogen-bond acceptors (Lipinski definition) is 3. The van der Waals surface area contributed by atoms with Crippen molar-refractivity contribution in [3.63, 3.8) is 0 Å². The van der Waals surface area contributed by atoms with Crippen LogP contribution in [0.5, 0.6) is 0 Å². The van der Waals surface area contributed by atoms with Crippen molar-refractivity contribution in [2.24, 2.45) is 5.92 Å². The molecule has 1 aromatic heterocycles. The maximum absolute atomic E-state index is 12.1. The predicted octanol–water partition coefficient (Wildman–Crippen LogP) is 3.82. The van der Waals surface area contributed by atoms with Crippen LogP contribution in [0.1, 0.15) is 35.9 Å². The average Bonchev–Trinajstić information content (AvgIpc) is 2.68. The van der Waals surface area contributed by atoms with Gasteiger partial charge in [-0.1, -0.05) is 13.3 Å². The molecule has 1 heterocycles. The highest BCUT2D eigenvalue weighted by atomic mass is 79.9. The lowest BCUT2D eigenvalue weighted by molar-refractivity contribution is 0.0909. The first-order valence-electron chi connectivity index (χ1n) is 6.20. The summed E-state index contributed by atoms with van der Waals surface area (Å²) in [6, 6.07) is 3.86. The number of likely N-dealkylation sites (N-methyl/N-ethyl adjacent to an activating group) is 1. The molecule has 0 unspecified atom stereocenters. The molecule has 4 heteroatoms. The van der Waals surface area contributed by atoms with Crippen molar-refractivity contribution in [3.05, 3.63) is 20.8 Å². The Kier molecular flexibility index (Phi) is 4.77. The molecule has 94 valence electrons. The fourth-order valence-corrected chi connectivity index (χ4v) is 3.41. The number of thiophene rings is 1. The van der Waals surface area contributed by atoms with Gasteiger partial charge in [0, 0.05) is 6.54 Å². The second kappa shape index (κ2) is 6.12. The van der Waals surface area contributed by atoms with Gasteiger partial charge < -0.3 is 0 Å². The topological polar surface area (TPSA) is 20.3 Å². The lowest BCUT2D eigenvalue weighted by atomic mass is 9.85. The first-order valence-corrected chi connectivity index (χ1v) is 7.81. The van der Waals surface area contributed by atoms with E-state index < -0.39 is 0 Å². The van der Waals surface area contributed by atoms with Crippen molar-refractivity contribution in [2.75, 3.05) is 19.6 Å². The molecule has 1 aromatic rings. The van der Waals surface area contributed by atoms with Gasteiger partial charge in [0.15, 0.2) is 5.78 Å². The number of rotatable bonds is 6. The third-order valence-corrected chi connectivity index (χ3v) is 5.07. The Hall–Kier alpha value is -0.190. The van der Waals surface area contributed by atoms with E-state index in [9.17, 15) is 4.79 Å². The van der Waals surface area contributed by atoms with Crippen LogP contribution in [0.15, 0.2) is 15.9 Å². The minimum atomic E-state index is 0.252. The quantitative estimate of drug-likeness (QED) is 0.744.